The monoisotopic (exact) mass is 417 g/mol. The molecule has 0 saturated carbocycles. The number of hydrogen-bond donors (Lipinski definition) is 2. The van der Waals surface area contributed by atoms with Crippen molar-refractivity contribution < 1.29 is 16.8 Å². The maximum Gasteiger partial charge on any atom is 0.252 e. The van der Waals surface area contributed by atoms with Crippen molar-refractivity contribution in [3.05, 3.63) is 17.0 Å². The Hall–Kier alpha value is -0.230. The molecule has 1 aromatic heterocycles. The SMILES string of the molecule is CCS(=O)(=O)NCCc1ccc(S(=O)(=O)N2CCNC(C)C2)s1.Cl. The van der Waals surface area contributed by atoms with Gasteiger partial charge in [0.1, 0.15) is 4.21 Å². The highest BCUT2D eigenvalue weighted by Crippen LogP contribution is 2.25. The zero-order valence-electron chi connectivity index (χ0n) is 13.7. The second-order valence-corrected chi connectivity index (χ2v) is 10.9. The first-order valence-corrected chi connectivity index (χ1v) is 11.4. The van der Waals surface area contributed by atoms with Crippen LogP contribution in [0, 0.1) is 0 Å². The van der Waals surface area contributed by atoms with Crippen LogP contribution in [0.5, 0.6) is 0 Å². The van der Waals surface area contributed by atoms with Crippen LogP contribution in [0.25, 0.3) is 0 Å². The number of sulfonamides is 2. The van der Waals surface area contributed by atoms with E-state index in [1.165, 1.54) is 15.6 Å². The van der Waals surface area contributed by atoms with E-state index in [4.69, 9.17) is 0 Å². The van der Waals surface area contributed by atoms with Gasteiger partial charge in [0.15, 0.2) is 0 Å². The van der Waals surface area contributed by atoms with E-state index in [1.54, 1.807) is 19.1 Å². The highest BCUT2D eigenvalue weighted by atomic mass is 35.5. The molecule has 2 N–H and O–H groups in total. The Morgan fingerprint density at radius 3 is 2.67 bits per heavy atom. The van der Waals surface area contributed by atoms with Crippen molar-refractivity contribution in [2.75, 3.05) is 31.9 Å². The van der Waals surface area contributed by atoms with Gasteiger partial charge in [-0.2, -0.15) is 4.31 Å². The van der Waals surface area contributed by atoms with Crippen molar-refractivity contribution in [3.63, 3.8) is 0 Å². The molecule has 0 amide bonds. The van der Waals surface area contributed by atoms with Crippen molar-refractivity contribution in [1.82, 2.24) is 14.3 Å². The smallest absolute Gasteiger partial charge is 0.252 e. The number of thiophene rings is 1. The largest absolute Gasteiger partial charge is 0.312 e. The number of piperazine rings is 1. The zero-order chi connectivity index (χ0) is 17.1. The van der Waals surface area contributed by atoms with Gasteiger partial charge >= 0.3 is 0 Å². The summed E-state index contributed by atoms with van der Waals surface area (Å²) in [6.45, 7) is 5.40. The van der Waals surface area contributed by atoms with Crippen molar-refractivity contribution in [1.29, 1.82) is 0 Å². The number of rotatable bonds is 7. The Labute approximate surface area is 154 Å². The first kappa shape index (κ1) is 21.8. The predicted octanol–water partition coefficient (Wildman–Crippen LogP) is 0.634. The lowest BCUT2D eigenvalue weighted by molar-refractivity contribution is 0.311. The average molecular weight is 418 g/mol. The molecule has 0 spiro atoms. The lowest BCUT2D eigenvalue weighted by atomic mass is 10.3. The van der Waals surface area contributed by atoms with Crippen molar-refractivity contribution >= 4 is 43.8 Å². The second-order valence-electron chi connectivity index (χ2n) is 5.49. The average Bonchev–Trinajstić information content (AvgIpc) is 2.97. The first-order valence-electron chi connectivity index (χ1n) is 7.54. The van der Waals surface area contributed by atoms with Crippen LogP contribution in [0.3, 0.4) is 0 Å². The van der Waals surface area contributed by atoms with E-state index in [0.29, 0.717) is 30.3 Å². The summed E-state index contributed by atoms with van der Waals surface area (Å²) in [7, 11) is -6.67. The molecule has 7 nitrogen and oxygen atoms in total. The van der Waals surface area contributed by atoms with Gasteiger partial charge in [0.2, 0.25) is 10.0 Å². The van der Waals surface area contributed by atoms with Crippen molar-refractivity contribution in [2.45, 2.75) is 30.5 Å². The van der Waals surface area contributed by atoms with Crippen LogP contribution in [-0.4, -0.2) is 59.1 Å². The van der Waals surface area contributed by atoms with Gasteiger partial charge in [-0.25, -0.2) is 21.6 Å². The lowest BCUT2D eigenvalue weighted by Crippen LogP contribution is -2.51. The zero-order valence-corrected chi connectivity index (χ0v) is 17.0. The van der Waals surface area contributed by atoms with Gasteiger partial charge in [0, 0.05) is 37.1 Å². The van der Waals surface area contributed by atoms with Crippen LogP contribution in [0.15, 0.2) is 16.3 Å². The summed E-state index contributed by atoms with van der Waals surface area (Å²) in [6, 6.07) is 3.50. The van der Waals surface area contributed by atoms with Crippen LogP contribution >= 0.6 is 23.7 Å². The lowest BCUT2D eigenvalue weighted by Gasteiger charge is -2.30. The Bertz CT molecular complexity index is 733. The Kier molecular flexibility index (Phi) is 8.11. The van der Waals surface area contributed by atoms with E-state index in [1.807, 2.05) is 6.92 Å². The summed E-state index contributed by atoms with van der Waals surface area (Å²) >= 11 is 1.21. The molecule has 1 aromatic rings. The highest BCUT2D eigenvalue weighted by Gasteiger charge is 2.29. The molecule has 1 aliphatic heterocycles. The van der Waals surface area contributed by atoms with Crippen LogP contribution in [0.4, 0.5) is 0 Å². The number of nitrogens with one attached hydrogen (secondary N) is 2. The summed E-state index contributed by atoms with van der Waals surface area (Å²) in [6.07, 6.45) is 0.484. The van der Waals surface area contributed by atoms with Gasteiger partial charge in [-0.1, -0.05) is 0 Å². The molecule has 2 rings (SSSR count). The molecule has 1 saturated heterocycles. The van der Waals surface area contributed by atoms with E-state index in [0.717, 1.165) is 4.88 Å². The maximum atomic E-state index is 12.6. The summed E-state index contributed by atoms with van der Waals surface area (Å²) in [4.78, 5) is 0.852. The fraction of sp³-hybridized carbons (Fsp3) is 0.692. The number of nitrogens with zero attached hydrogens (tertiary/aromatic N) is 1. The third-order valence-electron chi connectivity index (χ3n) is 3.64. The predicted molar refractivity (Wildman–Crippen MR) is 99.0 cm³/mol. The summed E-state index contributed by atoms with van der Waals surface area (Å²) in [5.41, 5.74) is 0. The summed E-state index contributed by atoms with van der Waals surface area (Å²) in [5, 5.41) is 3.22. The maximum absolute atomic E-state index is 12.6. The minimum Gasteiger partial charge on any atom is -0.312 e. The number of hydrogen-bond acceptors (Lipinski definition) is 6. The van der Waals surface area contributed by atoms with Gasteiger partial charge in [0.05, 0.1) is 5.75 Å². The topological polar surface area (TPSA) is 95.6 Å². The van der Waals surface area contributed by atoms with Crippen molar-refractivity contribution in [3.8, 4) is 0 Å². The summed E-state index contributed by atoms with van der Waals surface area (Å²) < 4.78 is 52.3. The normalized spacial score (nSPS) is 19.8. The minimum atomic E-state index is -3.46. The Morgan fingerprint density at radius 2 is 2.04 bits per heavy atom. The quantitative estimate of drug-likeness (QED) is 0.678. The second kappa shape index (κ2) is 8.93. The van der Waals surface area contributed by atoms with Gasteiger partial charge in [-0.15, -0.1) is 23.7 Å². The molecule has 0 radical (unpaired) electrons. The van der Waals surface area contributed by atoms with E-state index in [9.17, 15) is 16.8 Å². The molecular formula is C13H24ClN3O4S3. The standard InChI is InChI=1S/C13H23N3O4S3.ClH/c1-3-22(17,18)15-7-6-12-4-5-13(21-12)23(19,20)16-9-8-14-11(2)10-16;/h4-5,11,14-15H,3,6-10H2,1-2H3;1H. The molecule has 2 heterocycles. The van der Waals surface area contributed by atoms with Gasteiger partial charge < -0.3 is 5.32 Å². The third kappa shape index (κ3) is 5.65. The van der Waals surface area contributed by atoms with Crippen LogP contribution < -0.4 is 10.0 Å². The molecule has 0 bridgehead atoms. The van der Waals surface area contributed by atoms with Gasteiger partial charge in [0.25, 0.3) is 10.0 Å². The van der Waals surface area contributed by atoms with Gasteiger partial charge in [-0.05, 0) is 32.4 Å². The minimum absolute atomic E-state index is 0. The Morgan fingerprint density at radius 1 is 1.33 bits per heavy atom. The molecule has 11 heteroatoms. The van der Waals surface area contributed by atoms with E-state index < -0.39 is 20.0 Å². The van der Waals surface area contributed by atoms with Crippen LogP contribution in [0.1, 0.15) is 18.7 Å². The molecule has 0 aromatic carbocycles. The van der Waals surface area contributed by atoms with Gasteiger partial charge in [-0.3, -0.25) is 0 Å². The molecule has 1 fully saturated rings. The first-order chi connectivity index (χ1) is 10.7. The third-order valence-corrected chi connectivity index (χ3v) is 8.52. The number of halogens is 1. The Balaban J connectivity index is 0.00000288. The van der Waals surface area contributed by atoms with Crippen LogP contribution in [0.2, 0.25) is 0 Å². The fourth-order valence-corrected chi connectivity index (χ4v) is 5.96. The molecule has 1 aliphatic rings. The molecule has 24 heavy (non-hydrogen) atoms. The van der Waals surface area contributed by atoms with Crippen LogP contribution in [-0.2, 0) is 26.5 Å². The summed E-state index contributed by atoms with van der Waals surface area (Å²) in [5.74, 6) is 0.0399. The van der Waals surface area contributed by atoms with E-state index in [-0.39, 0.29) is 30.7 Å². The highest BCUT2D eigenvalue weighted by molar-refractivity contribution is 7.91. The molecule has 1 atom stereocenters. The van der Waals surface area contributed by atoms with E-state index in [2.05, 4.69) is 10.0 Å². The molecular weight excluding hydrogens is 394 g/mol. The van der Waals surface area contributed by atoms with Crippen molar-refractivity contribution in [2.24, 2.45) is 0 Å². The molecule has 140 valence electrons. The van der Waals surface area contributed by atoms with E-state index >= 15 is 0 Å². The molecule has 0 aliphatic carbocycles. The molecule has 1 unspecified atom stereocenters. The fourth-order valence-electron chi connectivity index (χ4n) is 2.31.